The summed E-state index contributed by atoms with van der Waals surface area (Å²) in [5.74, 6) is 2.03. The van der Waals surface area contributed by atoms with Crippen LogP contribution < -0.4 is 0 Å². The van der Waals surface area contributed by atoms with E-state index in [-0.39, 0.29) is 11.4 Å². The van der Waals surface area contributed by atoms with Gasteiger partial charge in [-0.05, 0) is 43.4 Å². The fourth-order valence-corrected chi connectivity index (χ4v) is 3.79. The Kier molecular flexibility index (Phi) is 4.56. The predicted octanol–water partition coefficient (Wildman–Crippen LogP) is 3.88. The Balaban J connectivity index is 1.82. The molecule has 0 heterocycles. The number of benzene rings is 1. The minimum absolute atomic E-state index is 0.0653. The summed E-state index contributed by atoms with van der Waals surface area (Å²) in [6.45, 7) is 4.28. The predicted molar refractivity (Wildman–Crippen MR) is 80.4 cm³/mol. The maximum Gasteiger partial charge on any atom is 0.306 e. The Labute approximate surface area is 119 Å². The van der Waals surface area contributed by atoms with E-state index >= 15 is 0 Å². The van der Waals surface area contributed by atoms with Crippen molar-refractivity contribution < 1.29 is 9.53 Å². The normalized spacial score (nSPS) is 16.2. The Morgan fingerprint density at radius 3 is 2.42 bits per heavy atom. The molecule has 0 bridgehead atoms. The first-order chi connectivity index (χ1) is 9.03. The monoisotopic (exact) mass is 278 g/mol. The molecule has 1 fully saturated rings. The number of hydrogen-bond acceptors (Lipinski definition) is 3. The SMILES string of the molecule is COC(=O)CC1(CSCc2cc(C)cc(C)c2)CC1. The van der Waals surface area contributed by atoms with E-state index in [1.54, 1.807) is 0 Å². The fourth-order valence-electron chi connectivity index (χ4n) is 2.46. The van der Waals surface area contributed by atoms with Crippen LogP contribution in [0.25, 0.3) is 0 Å². The molecule has 104 valence electrons. The molecule has 0 N–H and O–H groups in total. The van der Waals surface area contributed by atoms with E-state index in [2.05, 4.69) is 32.0 Å². The van der Waals surface area contributed by atoms with Gasteiger partial charge in [-0.25, -0.2) is 0 Å². The van der Waals surface area contributed by atoms with E-state index in [0.29, 0.717) is 6.42 Å². The highest BCUT2D eigenvalue weighted by atomic mass is 32.2. The van der Waals surface area contributed by atoms with Crippen LogP contribution in [-0.2, 0) is 15.3 Å². The largest absolute Gasteiger partial charge is 0.469 e. The van der Waals surface area contributed by atoms with Crippen LogP contribution in [0.1, 0.15) is 36.0 Å². The van der Waals surface area contributed by atoms with Crippen LogP contribution in [-0.4, -0.2) is 18.8 Å². The van der Waals surface area contributed by atoms with Crippen molar-refractivity contribution in [2.45, 2.75) is 38.9 Å². The summed E-state index contributed by atoms with van der Waals surface area (Å²) < 4.78 is 4.77. The molecule has 1 aliphatic rings. The topological polar surface area (TPSA) is 26.3 Å². The molecular formula is C16H22O2S. The van der Waals surface area contributed by atoms with Crippen LogP contribution in [0.3, 0.4) is 0 Å². The first kappa shape index (κ1) is 14.4. The molecule has 1 aromatic carbocycles. The van der Waals surface area contributed by atoms with Crippen LogP contribution in [0.15, 0.2) is 18.2 Å². The Hall–Kier alpha value is -0.960. The van der Waals surface area contributed by atoms with E-state index in [9.17, 15) is 4.79 Å². The van der Waals surface area contributed by atoms with Gasteiger partial charge in [0.15, 0.2) is 0 Å². The van der Waals surface area contributed by atoms with E-state index in [4.69, 9.17) is 4.74 Å². The smallest absolute Gasteiger partial charge is 0.306 e. The molecule has 0 aromatic heterocycles. The zero-order valence-electron chi connectivity index (χ0n) is 12.0. The Morgan fingerprint density at radius 1 is 1.26 bits per heavy atom. The lowest BCUT2D eigenvalue weighted by atomic mass is 10.1. The molecule has 1 saturated carbocycles. The number of carbonyl (C=O) groups excluding carboxylic acids is 1. The summed E-state index contributed by atoms with van der Waals surface area (Å²) in [6.07, 6.45) is 2.92. The van der Waals surface area contributed by atoms with Crippen molar-refractivity contribution in [3.05, 3.63) is 34.9 Å². The molecule has 0 saturated heterocycles. The number of ether oxygens (including phenoxy) is 1. The standard InChI is InChI=1S/C16H22O2S/c1-12-6-13(2)8-14(7-12)10-19-11-16(4-5-16)9-15(17)18-3/h6-8H,4-5,9-11H2,1-3H3. The van der Waals surface area contributed by atoms with Gasteiger partial charge in [0.25, 0.3) is 0 Å². The number of carbonyl (C=O) groups is 1. The number of methoxy groups -OCH3 is 1. The molecule has 0 unspecified atom stereocenters. The summed E-state index contributed by atoms with van der Waals surface area (Å²) in [6, 6.07) is 6.70. The highest BCUT2D eigenvalue weighted by Crippen LogP contribution is 2.51. The molecule has 0 aliphatic heterocycles. The van der Waals surface area contributed by atoms with Crippen molar-refractivity contribution in [3.8, 4) is 0 Å². The van der Waals surface area contributed by atoms with Crippen molar-refractivity contribution in [3.63, 3.8) is 0 Å². The third kappa shape index (κ3) is 4.27. The molecule has 1 aromatic rings. The third-order valence-electron chi connectivity index (χ3n) is 3.66. The third-order valence-corrected chi connectivity index (χ3v) is 5.02. The zero-order chi connectivity index (χ0) is 13.9. The minimum atomic E-state index is -0.0653. The number of esters is 1. The van der Waals surface area contributed by atoms with Gasteiger partial charge >= 0.3 is 5.97 Å². The van der Waals surface area contributed by atoms with Crippen LogP contribution in [0.4, 0.5) is 0 Å². The first-order valence-electron chi connectivity index (χ1n) is 6.75. The molecular weight excluding hydrogens is 256 g/mol. The van der Waals surface area contributed by atoms with E-state index < -0.39 is 0 Å². The maximum absolute atomic E-state index is 11.4. The second kappa shape index (κ2) is 6.00. The van der Waals surface area contributed by atoms with Gasteiger partial charge in [0, 0.05) is 5.75 Å². The maximum atomic E-state index is 11.4. The fraction of sp³-hybridized carbons (Fsp3) is 0.562. The summed E-state index contributed by atoms with van der Waals surface area (Å²) in [7, 11) is 1.47. The van der Waals surface area contributed by atoms with E-state index in [1.807, 2.05) is 11.8 Å². The summed E-state index contributed by atoms with van der Waals surface area (Å²) in [5.41, 5.74) is 4.27. The number of aryl methyl sites for hydroxylation is 2. The summed E-state index contributed by atoms with van der Waals surface area (Å²) in [4.78, 5) is 11.4. The lowest BCUT2D eigenvalue weighted by Crippen LogP contribution is -2.13. The van der Waals surface area contributed by atoms with Gasteiger partial charge in [0.05, 0.1) is 13.5 Å². The molecule has 0 atom stereocenters. The van der Waals surface area contributed by atoms with Crippen LogP contribution in [0.2, 0.25) is 0 Å². The highest BCUT2D eigenvalue weighted by Gasteiger charge is 2.44. The molecule has 2 nitrogen and oxygen atoms in total. The molecule has 0 amide bonds. The van der Waals surface area contributed by atoms with Gasteiger partial charge in [-0.3, -0.25) is 4.79 Å². The number of hydrogen-bond donors (Lipinski definition) is 0. The molecule has 3 heteroatoms. The quantitative estimate of drug-likeness (QED) is 0.739. The Bertz CT molecular complexity index is 444. The minimum Gasteiger partial charge on any atom is -0.469 e. The molecule has 19 heavy (non-hydrogen) atoms. The second-order valence-electron chi connectivity index (χ2n) is 5.74. The van der Waals surface area contributed by atoms with E-state index in [1.165, 1.54) is 36.6 Å². The first-order valence-corrected chi connectivity index (χ1v) is 7.90. The highest BCUT2D eigenvalue weighted by molar-refractivity contribution is 7.98. The summed E-state index contributed by atoms with van der Waals surface area (Å²) >= 11 is 1.94. The average molecular weight is 278 g/mol. The van der Waals surface area contributed by atoms with Gasteiger partial charge in [-0.1, -0.05) is 29.3 Å². The molecule has 0 spiro atoms. The van der Waals surface area contributed by atoms with Crippen molar-refractivity contribution in [2.75, 3.05) is 12.9 Å². The van der Waals surface area contributed by atoms with Crippen molar-refractivity contribution in [1.29, 1.82) is 0 Å². The van der Waals surface area contributed by atoms with Crippen LogP contribution in [0.5, 0.6) is 0 Å². The van der Waals surface area contributed by atoms with E-state index in [0.717, 1.165) is 11.5 Å². The molecule has 1 aliphatic carbocycles. The van der Waals surface area contributed by atoms with Gasteiger partial charge in [0.1, 0.15) is 0 Å². The van der Waals surface area contributed by atoms with Crippen LogP contribution >= 0.6 is 11.8 Å². The molecule has 2 rings (SSSR count). The van der Waals surface area contributed by atoms with Crippen molar-refractivity contribution in [2.24, 2.45) is 5.41 Å². The van der Waals surface area contributed by atoms with Crippen molar-refractivity contribution in [1.82, 2.24) is 0 Å². The Morgan fingerprint density at radius 2 is 1.89 bits per heavy atom. The van der Waals surface area contributed by atoms with Gasteiger partial charge in [0.2, 0.25) is 0 Å². The van der Waals surface area contributed by atoms with Gasteiger partial charge < -0.3 is 4.74 Å². The number of thioether (sulfide) groups is 1. The summed E-state index contributed by atoms with van der Waals surface area (Å²) in [5, 5.41) is 0. The van der Waals surface area contributed by atoms with Gasteiger partial charge in [-0.2, -0.15) is 11.8 Å². The molecule has 0 radical (unpaired) electrons. The second-order valence-corrected chi connectivity index (χ2v) is 6.73. The lowest BCUT2D eigenvalue weighted by molar-refractivity contribution is -0.141. The van der Waals surface area contributed by atoms with Crippen LogP contribution in [0, 0.1) is 19.3 Å². The number of rotatable bonds is 6. The lowest BCUT2D eigenvalue weighted by Gasteiger charge is -2.13. The van der Waals surface area contributed by atoms with Gasteiger partial charge in [-0.15, -0.1) is 0 Å². The van der Waals surface area contributed by atoms with Crippen molar-refractivity contribution >= 4 is 17.7 Å². The average Bonchev–Trinajstić information content (AvgIpc) is 3.07. The zero-order valence-corrected chi connectivity index (χ0v) is 12.8.